The van der Waals surface area contributed by atoms with E-state index in [2.05, 4.69) is 5.10 Å². The number of nitrogens with two attached hydrogens (primary N) is 1. The molecule has 0 saturated heterocycles. The molecule has 2 N–H and O–H groups in total. The van der Waals surface area contributed by atoms with E-state index in [0.29, 0.717) is 12.0 Å². The Morgan fingerprint density at radius 1 is 1.30 bits per heavy atom. The van der Waals surface area contributed by atoms with E-state index in [1.165, 1.54) is 6.07 Å². The van der Waals surface area contributed by atoms with Gasteiger partial charge in [-0.3, -0.25) is 4.68 Å². The Labute approximate surface area is 115 Å². The van der Waals surface area contributed by atoms with Gasteiger partial charge in [0.25, 0.3) is 0 Å². The fourth-order valence-corrected chi connectivity index (χ4v) is 2.21. The van der Waals surface area contributed by atoms with Crippen molar-refractivity contribution in [1.29, 1.82) is 0 Å². The minimum absolute atomic E-state index is 0.336. The molecular formula is C14H16F3N3. The second-order valence-corrected chi connectivity index (χ2v) is 4.84. The molecule has 0 aliphatic heterocycles. The minimum atomic E-state index is -4.33. The number of hydrogen-bond donors (Lipinski definition) is 1. The summed E-state index contributed by atoms with van der Waals surface area (Å²) in [5, 5.41) is 4.19. The highest BCUT2D eigenvalue weighted by Crippen LogP contribution is 2.30. The summed E-state index contributed by atoms with van der Waals surface area (Å²) in [6.45, 7) is 1.85. The van der Waals surface area contributed by atoms with Crippen molar-refractivity contribution in [2.24, 2.45) is 12.8 Å². The lowest BCUT2D eigenvalue weighted by atomic mass is 10.0. The molecule has 0 aliphatic rings. The van der Waals surface area contributed by atoms with Gasteiger partial charge in [-0.1, -0.05) is 18.2 Å². The summed E-state index contributed by atoms with van der Waals surface area (Å²) >= 11 is 0. The van der Waals surface area contributed by atoms with Gasteiger partial charge in [-0.05, 0) is 31.0 Å². The summed E-state index contributed by atoms with van der Waals surface area (Å²) in [6.07, 6.45) is -3.99. The van der Waals surface area contributed by atoms with Crippen LogP contribution in [-0.2, 0) is 19.6 Å². The van der Waals surface area contributed by atoms with Crippen LogP contribution in [0.15, 0.2) is 30.3 Å². The number of rotatable bonds is 3. The summed E-state index contributed by atoms with van der Waals surface area (Å²) < 4.78 is 39.6. The van der Waals surface area contributed by atoms with E-state index in [1.54, 1.807) is 17.8 Å². The number of hydrogen-bond acceptors (Lipinski definition) is 2. The Balaban J connectivity index is 2.20. The lowest BCUT2D eigenvalue weighted by molar-refractivity contribution is -0.137. The maximum Gasteiger partial charge on any atom is 0.416 e. The molecule has 0 radical (unpaired) electrons. The zero-order valence-electron chi connectivity index (χ0n) is 11.3. The van der Waals surface area contributed by atoms with Crippen LogP contribution in [0.3, 0.4) is 0 Å². The second kappa shape index (κ2) is 5.28. The van der Waals surface area contributed by atoms with Crippen molar-refractivity contribution in [3.05, 3.63) is 52.8 Å². The molecule has 3 nitrogen and oxygen atoms in total. The molecule has 1 heterocycles. The molecule has 2 aromatic rings. The quantitative estimate of drug-likeness (QED) is 0.941. The average Bonchev–Trinajstić information content (AvgIpc) is 2.68. The molecule has 0 fully saturated rings. The fraction of sp³-hybridized carbons (Fsp3) is 0.357. The van der Waals surface area contributed by atoms with Crippen molar-refractivity contribution in [2.75, 3.05) is 0 Å². The third-order valence-corrected chi connectivity index (χ3v) is 3.13. The highest BCUT2D eigenvalue weighted by Gasteiger charge is 2.30. The molecule has 20 heavy (non-hydrogen) atoms. The summed E-state index contributed by atoms with van der Waals surface area (Å²) in [6, 6.07) is 6.71. The Hall–Kier alpha value is -1.82. The van der Waals surface area contributed by atoms with E-state index < -0.39 is 11.7 Å². The Morgan fingerprint density at radius 3 is 2.55 bits per heavy atom. The molecule has 1 unspecified atom stereocenters. The van der Waals surface area contributed by atoms with Crippen molar-refractivity contribution in [3.63, 3.8) is 0 Å². The van der Waals surface area contributed by atoms with Gasteiger partial charge in [0.05, 0.1) is 23.0 Å². The van der Waals surface area contributed by atoms with Gasteiger partial charge >= 0.3 is 6.18 Å². The van der Waals surface area contributed by atoms with E-state index in [0.717, 1.165) is 23.5 Å². The molecule has 1 atom stereocenters. The Kier molecular flexibility index (Phi) is 3.85. The number of alkyl halides is 3. The molecule has 0 spiro atoms. The van der Waals surface area contributed by atoms with Crippen molar-refractivity contribution in [1.82, 2.24) is 9.78 Å². The summed E-state index contributed by atoms with van der Waals surface area (Å²) in [7, 11) is 1.77. The molecular weight excluding hydrogens is 267 g/mol. The fourth-order valence-electron chi connectivity index (χ4n) is 2.21. The summed E-state index contributed by atoms with van der Waals surface area (Å²) in [5.74, 6) is 0. The summed E-state index contributed by atoms with van der Waals surface area (Å²) in [5.41, 5.74) is 7.61. The molecule has 6 heteroatoms. The zero-order valence-corrected chi connectivity index (χ0v) is 11.3. The Bertz CT molecular complexity index is 602. The smallest absolute Gasteiger partial charge is 0.322 e. The normalized spacial score (nSPS) is 13.5. The van der Waals surface area contributed by atoms with Crippen LogP contribution in [0.25, 0.3) is 0 Å². The lowest BCUT2D eigenvalue weighted by Crippen LogP contribution is -2.17. The molecule has 0 saturated carbocycles. The molecule has 108 valence electrons. The van der Waals surface area contributed by atoms with Crippen LogP contribution in [0.5, 0.6) is 0 Å². The van der Waals surface area contributed by atoms with Crippen molar-refractivity contribution < 1.29 is 13.2 Å². The van der Waals surface area contributed by atoms with Crippen LogP contribution in [0, 0.1) is 6.92 Å². The number of aromatic nitrogens is 2. The predicted octanol–water partition coefficient (Wildman–Crippen LogP) is 2.99. The maximum atomic E-state index is 12.7. The standard InChI is InChI=1S/C14H16F3N3/c1-9-6-13(20(2)19-9)12(18)8-10-4-3-5-11(7-10)14(15,16)17/h3-7,12H,8,18H2,1-2H3. The minimum Gasteiger partial charge on any atom is -0.322 e. The third kappa shape index (κ3) is 3.19. The monoisotopic (exact) mass is 283 g/mol. The van der Waals surface area contributed by atoms with E-state index in [9.17, 15) is 13.2 Å². The number of aryl methyl sites for hydroxylation is 2. The molecule has 0 bridgehead atoms. The van der Waals surface area contributed by atoms with Gasteiger partial charge in [-0.15, -0.1) is 0 Å². The Morgan fingerprint density at radius 2 is 2.00 bits per heavy atom. The van der Waals surface area contributed by atoms with Gasteiger partial charge in [-0.25, -0.2) is 0 Å². The van der Waals surface area contributed by atoms with Crippen molar-refractivity contribution >= 4 is 0 Å². The van der Waals surface area contributed by atoms with Gasteiger partial charge in [0.1, 0.15) is 0 Å². The SMILES string of the molecule is Cc1cc(C(N)Cc2cccc(C(F)(F)F)c2)n(C)n1. The molecule has 2 rings (SSSR count). The van der Waals surface area contributed by atoms with Crippen LogP contribution < -0.4 is 5.73 Å². The lowest BCUT2D eigenvalue weighted by Gasteiger charge is -2.13. The van der Waals surface area contributed by atoms with Crippen LogP contribution in [-0.4, -0.2) is 9.78 Å². The average molecular weight is 283 g/mol. The van der Waals surface area contributed by atoms with Gasteiger partial charge in [0.2, 0.25) is 0 Å². The van der Waals surface area contributed by atoms with E-state index in [4.69, 9.17) is 5.73 Å². The number of nitrogens with zero attached hydrogens (tertiary/aromatic N) is 2. The van der Waals surface area contributed by atoms with E-state index in [-0.39, 0.29) is 6.04 Å². The largest absolute Gasteiger partial charge is 0.416 e. The van der Waals surface area contributed by atoms with Crippen molar-refractivity contribution in [2.45, 2.75) is 25.6 Å². The second-order valence-electron chi connectivity index (χ2n) is 4.84. The topological polar surface area (TPSA) is 43.8 Å². The van der Waals surface area contributed by atoms with Gasteiger partial charge in [-0.2, -0.15) is 18.3 Å². The van der Waals surface area contributed by atoms with Crippen LogP contribution in [0.1, 0.15) is 28.6 Å². The van der Waals surface area contributed by atoms with Crippen LogP contribution in [0.2, 0.25) is 0 Å². The highest BCUT2D eigenvalue weighted by atomic mass is 19.4. The third-order valence-electron chi connectivity index (χ3n) is 3.13. The molecule has 0 aliphatic carbocycles. The number of halogens is 3. The van der Waals surface area contributed by atoms with Gasteiger partial charge in [0, 0.05) is 7.05 Å². The van der Waals surface area contributed by atoms with E-state index >= 15 is 0 Å². The first kappa shape index (κ1) is 14.6. The van der Waals surface area contributed by atoms with Gasteiger partial charge in [0.15, 0.2) is 0 Å². The highest BCUT2D eigenvalue weighted by molar-refractivity contribution is 5.27. The molecule has 1 aromatic heterocycles. The van der Waals surface area contributed by atoms with Crippen LogP contribution in [0.4, 0.5) is 13.2 Å². The predicted molar refractivity (Wildman–Crippen MR) is 70.0 cm³/mol. The van der Waals surface area contributed by atoms with Gasteiger partial charge < -0.3 is 5.73 Å². The van der Waals surface area contributed by atoms with E-state index in [1.807, 2.05) is 13.0 Å². The first-order valence-corrected chi connectivity index (χ1v) is 6.19. The number of benzene rings is 1. The molecule has 0 amide bonds. The molecule has 1 aromatic carbocycles. The van der Waals surface area contributed by atoms with Crippen molar-refractivity contribution in [3.8, 4) is 0 Å². The first-order valence-electron chi connectivity index (χ1n) is 6.19. The zero-order chi connectivity index (χ0) is 14.9. The maximum absolute atomic E-state index is 12.7. The summed E-state index contributed by atoms with van der Waals surface area (Å²) in [4.78, 5) is 0. The van der Waals surface area contributed by atoms with Crippen LogP contribution >= 0.6 is 0 Å². The first-order chi connectivity index (χ1) is 9.27.